The summed E-state index contributed by atoms with van der Waals surface area (Å²) in [6.45, 7) is 2.86. The Labute approximate surface area is 87.4 Å². The fourth-order valence-corrected chi connectivity index (χ4v) is 2.42. The second kappa shape index (κ2) is 4.25. The number of aliphatic hydroxyl groups excluding tert-OH is 1. The van der Waals surface area contributed by atoms with Crippen LogP contribution in [0.1, 0.15) is 17.7 Å². The van der Waals surface area contributed by atoms with Crippen molar-refractivity contribution in [2.75, 3.05) is 18.8 Å². The first-order chi connectivity index (χ1) is 6.74. The second-order valence-corrected chi connectivity index (χ2v) is 4.82. The lowest BCUT2D eigenvalue weighted by atomic mass is 10.1. The summed E-state index contributed by atoms with van der Waals surface area (Å²) in [5.74, 6) is 0. The van der Waals surface area contributed by atoms with Crippen molar-refractivity contribution in [1.82, 2.24) is 9.88 Å². The Morgan fingerprint density at radius 3 is 2.86 bits per heavy atom. The van der Waals surface area contributed by atoms with Gasteiger partial charge in [0.2, 0.25) is 0 Å². The highest BCUT2D eigenvalue weighted by atomic mass is 32.1. The molecule has 1 aliphatic rings. The van der Waals surface area contributed by atoms with Crippen molar-refractivity contribution in [2.24, 2.45) is 0 Å². The van der Waals surface area contributed by atoms with Crippen LogP contribution in [-0.2, 0) is 6.54 Å². The Bertz CT molecular complexity index is 294. The van der Waals surface area contributed by atoms with Crippen LogP contribution in [-0.4, -0.2) is 34.2 Å². The first-order valence-corrected chi connectivity index (χ1v) is 5.66. The van der Waals surface area contributed by atoms with Crippen LogP contribution in [0.3, 0.4) is 0 Å². The fraction of sp³-hybridized carbons (Fsp3) is 0.667. The van der Waals surface area contributed by atoms with Gasteiger partial charge in [-0.3, -0.25) is 4.90 Å². The maximum Gasteiger partial charge on any atom is 0.180 e. The Morgan fingerprint density at radius 2 is 2.29 bits per heavy atom. The van der Waals surface area contributed by atoms with E-state index in [2.05, 4.69) is 9.88 Å². The van der Waals surface area contributed by atoms with Gasteiger partial charge in [0.15, 0.2) is 5.13 Å². The number of anilines is 1. The van der Waals surface area contributed by atoms with Gasteiger partial charge in [-0.1, -0.05) is 0 Å². The van der Waals surface area contributed by atoms with E-state index in [1.54, 1.807) is 11.3 Å². The van der Waals surface area contributed by atoms with E-state index in [0.29, 0.717) is 5.13 Å². The molecule has 1 saturated heterocycles. The topological polar surface area (TPSA) is 62.4 Å². The van der Waals surface area contributed by atoms with Gasteiger partial charge in [0.25, 0.3) is 0 Å². The number of aromatic nitrogens is 1. The van der Waals surface area contributed by atoms with E-state index in [9.17, 15) is 5.11 Å². The summed E-state index contributed by atoms with van der Waals surface area (Å²) in [5.41, 5.74) is 5.55. The van der Waals surface area contributed by atoms with Crippen LogP contribution in [0.2, 0.25) is 0 Å². The molecular weight excluding hydrogens is 198 g/mol. The molecule has 0 bridgehead atoms. The van der Waals surface area contributed by atoms with Crippen molar-refractivity contribution in [3.05, 3.63) is 11.1 Å². The number of hydrogen-bond donors (Lipinski definition) is 2. The smallest absolute Gasteiger partial charge is 0.180 e. The average Bonchev–Trinajstić information content (AvgIpc) is 2.56. The summed E-state index contributed by atoms with van der Waals surface area (Å²) in [6.07, 6.45) is 3.51. The van der Waals surface area contributed by atoms with Gasteiger partial charge >= 0.3 is 0 Å². The molecule has 0 spiro atoms. The van der Waals surface area contributed by atoms with E-state index in [1.807, 2.05) is 6.20 Å². The monoisotopic (exact) mass is 213 g/mol. The summed E-state index contributed by atoms with van der Waals surface area (Å²) >= 11 is 1.54. The number of nitrogen functional groups attached to an aromatic ring is 1. The fourth-order valence-electron chi connectivity index (χ4n) is 1.69. The van der Waals surface area contributed by atoms with Crippen molar-refractivity contribution in [2.45, 2.75) is 25.5 Å². The predicted molar refractivity (Wildman–Crippen MR) is 57.0 cm³/mol. The molecule has 0 aliphatic carbocycles. The molecule has 1 fully saturated rings. The van der Waals surface area contributed by atoms with Crippen molar-refractivity contribution in [3.63, 3.8) is 0 Å². The molecule has 0 unspecified atom stereocenters. The Kier molecular flexibility index (Phi) is 3.00. The van der Waals surface area contributed by atoms with E-state index < -0.39 is 0 Å². The van der Waals surface area contributed by atoms with E-state index in [-0.39, 0.29) is 6.10 Å². The zero-order valence-corrected chi connectivity index (χ0v) is 8.83. The maximum absolute atomic E-state index is 9.34. The molecule has 1 aliphatic heterocycles. The number of rotatable bonds is 2. The van der Waals surface area contributed by atoms with Gasteiger partial charge < -0.3 is 10.8 Å². The third-order valence-electron chi connectivity index (χ3n) is 2.51. The molecule has 1 aromatic heterocycles. The molecule has 2 heterocycles. The third-order valence-corrected chi connectivity index (χ3v) is 3.32. The lowest BCUT2D eigenvalue weighted by molar-refractivity contribution is 0.0797. The lowest BCUT2D eigenvalue weighted by Crippen LogP contribution is -2.35. The number of hydrogen-bond acceptors (Lipinski definition) is 5. The third kappa shape index (κ3) is 2.43. The minimum atomic E-state index is -0.0993. The summed E-state index contributed by atoms with van der Waals surface area (Å²) in [4.78, 5) is 7.56. The minimum Gasteiger partial charge on any atom is -0.393 e. The molecule has 5 heteroatoms. The average molecular weight is 213 g/mol. The normalized spacial score (nSPS) is 20.1. The van der Waals surface area contributed by atoms with Crippen molar-refractivity contribution < 1.29 is 5.11 Å². The van der Waals surface area contributed by atoms with Crippen molar-refractivity contribution in [1.29, 1.82) is 0 Å². The van der Waals surface area contributed by atoms with Gasteiger partial charge in [0.1, 0.15) is 0 Å². The molecule has 0 aromatic carbocycles. The van der Waals surface area contributed by atoms with E-state index in [1.165, 1.54) is 4.88 Å². The lowest BCUT2D eigenvalue weighted by Gasteiger charge is -2.28. The van der Waals surface area contributed by atoms with Crippen LogP contribution in [0.5, 0.6) is 0 Å². The van der Waals surface area contributed by atoms with E-state index >= 15 is 0 Å². The summed E-state index contributed by atoms with van der Waals surface area (Å²) < 4.78 is 0. The molecule has 0 radical (unpaired) electrons. The molecule has 4 nitrogen and oxygen atoms in total. The van der Waals surface area contributed by atoms with Gasteiger partial charge in [-0.05, 0) is 12.8 Å². The minimum absolute atomic E-state index is 0.0993. The van der Waals surface area contributed by atoms with Gasteiger partial charge in [-0.15, -0.1) is 11.3 Å². The highest BCUT2D eigenvalue weighted by Gasteiger charge is 2.17. The van der Waals surface area contributed by atoms with Crippen LogP contribution in [0.15, 0.2) is 6.20 Å². The molecule has 1 aromatic rings. The summed E-state index contributed by atoms with van der Waals surface area (Å²) in [7, 11) is 0. The SMILES string of the molecule is Nc1ncc(CN2CCC(O)CC2)s1. The largest absolute Gasteiger partial charge is 0.393 e. The number of aliphatic hydroxyl groups is 1. The summed E-state index contributed by atoms with van der Waals surface area (Å²) in [6, 6.07) is 0. The number of nitrogens with two attached hydrogens (primary N) is 1. The zero-order chi connectivity index (χ0) is 9.97. The standard InChI is InChI=1S/C9H15N3OS/c10-9-11-5-8(14-9)6-12-3-1-7(13)2-4-12/h5,7,13H,1-4,6H2,(H2,10,11). The molecule has 14 heavy (non-hydrogen) atoms. The number of piperidine rings is 1. The molecule has 0 saturated carbocycles. The predicted octanol–water partition coefficient (Wildman–Crippen LogP) is 0.682. The van der Waals surface area contributed by atoms with Crippen LogP contribution in [0, 0.1) is 0 Å². The molecule has 78 valence electrons. The Balaban J connectivity index is 1.86. The molecule has 0 atom stereocenters. The zero-order valence-electron chi connectivity index (χ0n) is 8.02. The van der Waals surface area contributed by atoms with Crippen LogP contribution < -0.4 is 5.73 Å². The Hall–Kier alpha value is -0.650. The van der Waals surface area contributed by atoms with Crippen molar-refractivity contribution in [3.8, 4) is 0 Å². The molecule has 3 N–H and O–H groups in total. The van der Waals surface area contributed by atoms with Crippen molar-refractivity contribution >= 4 is 16.5 Å². The first-order valence-electron chi connectivity index (χ1n) is 4.84. The highest BCUT2D eigenvalue weighted by molar-refractivity contribution is 7.15. The summed E-state index contributed by atoms with van der Waals surface area (Å²) in [5, 5.41) is 9.98. The van der Waals surface area contributed by atoms with Gasteiger partial charge in [-0.25, -0.2) is 4.98 Å². The Morgan fingerprint density at radius 1 is 1.57 bits per heavy atom. The highest BCUT2D eigenvalue weighted by Crippen LogP contribution is 2.19. The van der Waals surface area contributed by atoms with Gasteiger partial charge in [0, 0.05) is 30.7 Å². The van der Waals surface area contributed by atoms with E-state index in [4.69, 9.17) is 5.73 Å². The number of thiazole rings is 1. The van der Waals surface area contributed by atoms with Crippen LogP contribution in [0.4, 0.5) is 5.13 Å². The number of nitrogens with zero attached hydrogens (tertiary/aromatic N) is 2. The van der Waals surface area contributed by atoms with E-state index in [0.717, 1.165) is 32.5 Å². The quantitative estimate of drug-likeness (QED) is 0.758. The van der Waals surface area contributed by atoms with Crippen LogP contribution in [0.25, 0.3) is 0 Å². The molecule has 0 amide bonds. The maximum atomic E-state index is 9.34. The van der Waals surface area contributed by atoms with Gasteiger partial charge in [-0.2, -0.15) is 0 Å². The molecular formula is C9H15N3OS. The first kappa shape index (κ1) is 9.89. The van der Waals surface area contributed by atoms with Gasteiger partial charge in [0.05, 0.1) is 6.10 Å². The van der Waals surface area contributed by atoms with Crippen LogP contribution >= 0.6 is 11.3 Å². The number of likely N-dealkylation sites (tertiary alicyclic amines) is 1. The second-order valence-electron chi connectivity index (χ2n) is 3.67. The molecule has 2 rings (SSSR count).